The second-order valence-electron chi connectivity index (χ2n) is 6.46. The monoisotopic (exact) mass is 360 g/mol. The van der Waals surface area contributed by atoms with Crippen LogP contribution in [-0.4, -0.2) is 57.8 Å². The minimum Gasteiger partial charge on any atom is -0.348 e. The van der Waals surface area contributed by atoms with Crippen LogP contribution in [0.5, 0.6) is 0 Å². The summed E-state index contributed by atoms with van der Waals surface area (Å²) in [6.07, 6.45) is 5.03. The second-order valence-corrected chi connectivity index (χ2v) is 7.35. The number of carbonyl (C=O) groups is 1. The summed E-state index contributed by atoms with van der Waals surface area (Å²) in [5.41, 5.74) is 0.970. The number of anilines is 2. The number of thiazole rings is 1. The van der Waals surface area contributed by atoms with Gasteiger partial charge < -0.3 is 10.2 Å². The van der Waals surface area contributed by atoms with Gasteiger partial charge in [0.2, 0.25) is 5.91 Å². The largest absolute Gasteiger partial charge is 0.348 e. The predicted octanol–water partition coefficient (Wildman–Crippen LogP) is 2.60. The first-order valence-electron chi connectivity index (χ1n) is 8.49. The van der Waals surface area contributed by atoms with Gasteiger partial charge in [0.15, 0.2) is 5.13 Å². The maximum absolute atomic E-state index is 12.2. The third kappa shape index (κ3) is 4.52. The molecule has 3 heterocycles. The summed E-state index contributed by atoms with van der Waals surface area (Å²) in [7, 11) is 3.60. The molecular formula is C17H24N6OS. The van der Waals surface area contributed by atoms with Gasteiger partial charge in [-0.15, -0.1) is 11.3 Å². The lowest BCUT2D eigenvalue weighted by atomic mass is 9.99. The molecule has 1 unspecified atom stereocenters. The van der Waals surface area contributed by atoms with E-state index in [-0.39, 0.29) is 11.9 Å². The lowest BCUT2D eigenvalue weighted by Crippen LogP contribution is -2.41. The smallest absolute Gasteiger partial charge is 0.236 e. The maximum Gasteiger partial charge on any atom is 0.236 e. The molecule has 7 nitrogen and oxygen atoms in total. The molecule has 0 saturated carbocycles. The van der Waals surface area contributed by atoms with E-state index in [4.69, 9.17) is 0 Å². The van der Waals surface area contributed by atoms with Gasteiger partial charge in [0.1, 0.15) is 11.6 Å². The molecule has 1 aliphatic rings. The molecule has 2 aromatic rings. The SMILES string of the molecule is Cc1nc(Nc2nccs2)cc(C2CCCCN2CC(=O)N(C)C)n1. The number of aromatic nitrogens is 3. The molecule has 0 bridgehead atoms. The minimum absolute atomic E-state index is 0.124. The first-order chi connectivity index (χ1) is 12.0. The molecule has 2 aromatic heterocycles. The van der Waals surface area contributed by atoms with Gasteiger partial charge in [-0.25, -0.2) is 15.0 Å². The van der Waals surface area contributed by atoms with Crippen LogP contribution in [0.15, 0.2) is 17.6 Å². The van der Waals surface area contributed by atoms with Gasteiger partial charge >= 0.3 is 0 Å². The fourth-order valence-electron chi connectivity index (χ4n) is 3.05. The number of likely N-dealkylation sites (tertiary alicyclic amines) is 1. The molecule has 0 aliphatic carbocycles. The highest BCUT2D eigenvalue weighted by atomic mass is 32.1. The number of hydrogen-bond acceptors (Lipinski definition) is 7. The number of aryl methyl sites for hydroxylation is 1. The number of carbonyl (C=O) groups excluding carboxylic acids is 1. The molecule has 134 valence electrons. The van der Waals surface area contributed by atoms with Crippen LogP contribution < -0.4 is 5.32 Å². The molecular weight excluding hydrogens is 336 g/mol. The summed E-state index contributed by atoms with van der Waals surface area (Å²) >= 11 is 1.53. The first kappa shape index (κ1) is 17.8. The van der Waals surface area contributed by atoms with Gasteiger partial charge in [-0.05, 0) is 26.3 Å². The summed E-state index contributed by atoms with van der Waals surface area (Å²) in [5.74, 6) is 1.60. The van der Waals surface area contributed by atoms with Gasteiger partial charge in [-0.1, -0.05) is 6.42 Å². The van der Waals surface area contributed by atoms with E-state index in [1.54, 1.807) is 25.2 Å². The number of amides is 1. The van der Waals surface area contributed by atoms with Crippen molar-refractivity contribution < 1.29 is 4.79 Å². The highest BCUT2D eigenvalue weighted by Gasteiger charge is 2.27. The standard InChI is InChI=1S/C17H24N6OS/c1-12-19-13(10-15(20-12)21-17-18-7-9-25-17)14-6-4-5-8-23(14)11-16(24)22(2)3/h7,9-10,14H,4-6,8,11H2,1-3H3,(H,18,19,20,21). The van der Waals surface area contributed by atoms with E-state index < -0.39 is 0 Å². The lowest BCUT2D eigenvalue weighted by molar-refractivity contribution is -0.130. The van der Waals surface area contributed by atoms with Gasteiger partial charge in [0.25, 0.3) is 0 Å². The molecule has 1 atom stereocenters. The average Bonchev–Trinajstić information content (AvgIpc) is 3.07. The number of piperidine rings is 1. The second kappa shape index (κ2) is 7.88. The molecule has 8 heteroatoms. The highest BCUT2D eigenvalue weighted by molar-refractivity contribution is 7.13. The Morgan fingerprint density at radius 1 is 1.40 bits per heavy atom. The average molecular weight is 360 g/mol. The molecule has 1 fully saturated rings. The van der Waals surface area contributed by atoms with Crippen molar-refractivity contribution in [2.45, 2.75) is 32.2 Å². The quantitative estimate of drug-likeness (QED) is 0.883. The Labute approximate surface area is 152 Å². The van der Waals surface area contributed by atoms with E-state index >= 15 is 0 Å². The predicted molar refractivity (Wildman–Crippen MR) is 99.0 cm³/mol. The third-order valence-corrected chi connectivity index (χ3v) is 5.01. The Balaban J connectivity index is 1.82. The van der Waals surface area contributed by atoms with Crippen molar-refractivity contribution in [1.29, 1.82) is 0 Å². The van der Waals surface area contributed by atoms with E-state index in [9.17, 15) is 4.79 Å². The number of rotatable bonds is 5. The van der Waals surface area contributed by atoms with Crippen LogP contribution in [0.2, 0.25) is 0 Å². The summed E-state index contributed by atoms with van der Waals surface area (Å²) in [4.78, 5) is 29.4. The topological polar surface area (TPSA) is 74.2 Å². The maximum atomic E-state index is 12.2. The van der Waals surface area contributed by atoms with E-state index in [1.807, 2.05) is 18.4 Å². The Hall–Kier alpha value is -2.06. The molecule has 1 N–H and O–H groups in total. The van der Waals surface area contributed by atoms with Crippen molar-refractivity contribution in [1.82, 2.24) is 24.8 Å². The van der Waals surface area contributed by atoms with Crippen molar-refractivity contribution >= 4 is 28.2 Å². The van der Waals surface area contributed by atoms with Crippen molar-refractivity contribution in [2.24, 2.45) is 0 Å². The zero-order chi connectivity index (χ0) is 17.8. The number of hydrogen-bond donors (Lipinski definition) is 1. The van der Waals surface area contributed by atoms with Crippen LogP contribution in [0.4, 0.5) is 10.9 Å². The normalized spacial score (nSPS) is 18.1. The van der Waals surface area contributed by atoms with Gasteiger partial charge in [0.05, 0.1) is 18.3 Å². The summed E-state index contributed by atoms with van der Waals surface area (Å²) < 4.78 is 0. The summed E-state index contributed by atoms with van der Waals surface area (Å²) in [6, 6.07) is 2.13. The van der Waals surface area contributed by atoms with Crippen molar-refractivity contribution in [3.8, 4) is 0 Å². The van der Waals surface area contributed by atoms with Crippen LogP contribution in [0, 0.1) is 6.92 Å². The van der Waals surface area contributed by atoms with E-state index in [0.717, 1.165) is 48.3 Å². The molecule has 1 aliphatic heterocycles. The van der Waals surface area contributed by atoms with Gasteiger partial charge in [-0.2, -0.15) is 0 Å². The molecule has 0 spiro atoms. The van der Waals surface area contributed by atoms with Crippen LogP contribution in [0.25, 0.3) is 0 Å². The molecule has 1 amide bonds. The molecule has 0 aromatic carbocycles. The van der Waals surface area contributed by atoms with E-state index in [0.29, 0.717) is 6.54 Å². The fourth-order valence-corrected chi connectivity index (χ4v) is 3.59. The molecule has 25 heavy (non-hydrogen) atoms. The number of likely N-dealkylation sites (N-methyl/N-ethyl adjacent to an activating group) is 1. The molecule has 1 saturated heterocycles. The van der Waals surface area contributed by atoms with E-state index in [1.165, 1.54) is 11.3 Å². The Bertz CT molecular complexity index is 718. The summed E-state index contributed by atoms with van der Waals surface area (Å²) in [5, 5.41) is 5.98. The number of nitrogens with zero attached hydrogens (tertiary/aromatic N) is 5. The Kier molecular flexibility index (Phi) is 5.60. The molecule has 0 radical (unpaired) electrons. The molecule has 3 rings (SSSR count). The fraction of sp³-hybridized carbons (Fsp3) is 0.529. The Morgan fingerprint density at radius 3 is 2.96 bits per heavy atom. The van der Waals surface area contributed by atoms with Crippen molar-refractivity contribution in [3.05, 3.63) is 29.2 Å². The minimum atomic E-state index is 0.124. The zero-order valence-electron chi connectivity index (χ0n) is 14.9. The Morgan fingerprint density at radius 2 is 2.24 bits per heavy atom. The van der Waals surface area contributed by atoms with Crippen LogP contribution in [0.3, 0.4) is 0 Å². The summed E-state index contributed by atoms with van der Waals surface area (Å²) in [6.45, 7) is 3.24. The van der Waals surface area contributed by atoms with Gasteiger partial charge in [0, 0.05) is 31.7 Å². The third-order valence-electron chi connectivity index (χ3n) is 4.32. The van der Waals surface area contributed by atoms with Crippen molar-refractivity contribution in [3.63, 3.8) is 0 Å². The lowest BCUT2D eigenvalue weighted by Gasteiger charge is -2.35. The van der Waals surface area contributed by atoms with Crippen LogP contribution >= 0.6 is 11.3 Å². The van der Waals surface area contributed by atoms with Crippen LogP contribution in [-0.2, 0) is 4.79 Å². The van der Waals surface area contributed by atoms with Crippen molar-refractivity contribution in [2.75, 3.05) is 32.5 Å². The zero-order valence-corrected chi connectivity index (χ0v) is 15.7. The first-order valence-corrected chi connectivity index (χ1v) is 9.37. The van der Waals surface area contributed by atoms with E-state index in [2.05, 4.69) is 25.2 Å². The number of nitrogens with one attached hydrogen (secondary N) is 1. The van der Waals surface area contributed by atoms with Crippen LogP contribution in [0.1, 0.15) is 36.8 Å². The van der Waals surface area contributed by atoms with Gasteiger partial charge in [-0.3, -0.25) is 9.69 Å². The highest BCUT2D eigenvalue weighted by Crippen LogP contribution is 2.31.